The standard InChI is InChI=1S/C54H89NO7/c1-6-8-10-12-14-16-18-20-22-24-25-26-27-28-29-31-33-35-37-39-41-43-45-53(57)62-50(48-60-47-46-51(54(58)59)55(3,4)5)49-61-52(56)44-42-40-38-36-34-32-30-23-21-19-17-15-13-11-9-7-2/h8-11,14-17,20-23,25-26,32,34,50-51H,6-7,12-13,18-19,24,27-31,33,35-49H2,1-5H3/b10-8+,11-9+,16-14+,17-15+,22-20+,23-21+,26-25+,34-32+. The van der Waals surface area contributed by atoms with Crippen molar-refractivity contribution in [2.75, 3.05) is 41.0 Å². The highest BCUT2D eigenvalue weighted by Gasteiger charge is 2.25. The van der Waals surface area contributed by atoms with Crippen LogP contribution >= 0.6 is 0 Å². The lowest BCUT2D eigenvalue weighted by atomic mass is 10.1. The minimum absolute atomic E-state index is 0.0221. The first-order valence-electron chi connectivity index (χ1n) is 24.3. The summed E-state index contributed by atoms with van der Waals surface area (Å²) in [4.78, 5) is 37.0. The lowest BCUT2D eigenvalue weighted by Crippen LogP contribution is -2.55. The molecule has 352 valence electrons. The molecule has 0 spiro atoms. The van der Waals surface area contributed by atoms with Crippen molar-refractivity contribution in [1.82, 2.24) is 0 Å². The second-order valence-electron chi connectivity index (χ2n) is 16.9. The first-order valence-corrected chi connectivity index (χ1v) is 24.3. The molecule has 8 heteroatoms. The fraction of sp³-hybridized carbons (Fsp3) is 0.648. The van der Waals surface area contributed by atoms with Crippen molar-refractivity contribution in [2.45, 2.75) is 187 Å². The molecule has 0 aliphatic heterocycles. The molecule has 0 saturated heterocycles. The Morgan fingerprint density at radius 3 is 1.27 bits per heavy atom. The van der Waals surface area contributed by atoms with E-state index in [1.165, 1.54) is 38.5 Å². The van der Waals surface area contributed by atoms with E-state index in [1.54, 1.807) is 21.1 Å². The third-order valence-electron chi connectivity index (χ3n) is 10.2. The molecule has 0 aliphatic rings. The zero-order valence-corrected chi connectivity index (χ0v) is 40.0. The van der Waals surface area contributed by atoms with Crippen molar-refractivity contribution in [3.63, 3.8) is 0 Å². The third-order valence-corrected chi connectivity index (χ3v) is 10.2. The summed E-state index contributed by atoms with van der Waals surface area (Å²) >= 11 is 0. The second kappa shape index (κ2) is 43.9. The van der Waals surface area contributed by atoms with Gasteiger partial charge in [0.2, 0.25) is 0 Å². The van der Waals surface area contributed by atoms with Crippen molar-refractivity contribution in [2.24, 2.45) is 0 Å². The molecule has 2 unspecified atom stereocenters. The predicted molar refractivity (Wildman–Crippen MR) is 258 cm³/mol. The molecule has 0 aromatic rings. The Balaban J connectivity index is 4.34. The number of aliphatic carboxylic acids is 1. The highest BCUT2D eigenvalue weighted by molar-refractivity contribution is 5.70. The van der Waals surface area contributed by atoms with Gasteiger partial charge in [-0.3, -0.25) is 9.59 Å². The van der Waals surface area contributed by atoms with Crippen molar-refractivity contribution in [1.29, 1.82) is 0 Å². The van der Waals surface area contributed by atoms with Crippen molar-refractivity contribution in [3.05, 3.63) is 97.2 Å². The number of carbonyl (C=O) groups is 3. The summed E-state index contributed by atoms with van der Waals surface area (Å²) in [5.74, 6) is -1.79. The summed E-state index contributed by atoms with van der Waals surface area (Å²) in [6, 6.07) is -0.738. The normalized spacial score (nSPS) is 13.8. The Labute approximate surface area is 379 Å². The van der Waals surface area contributed by atoms with Crippen LogP contribution in [0, 0.1) is 0 Å². The summed E-state index contributed by atoms with van der Waals surface area (Å²) in [5, 5.41) is 11.7. The molecule has 0 fully saturated rings. The maximum atomic E-state index is 12.8. The minimum Gasteiger partial charge on any atom is -0.544 e. The highest BCUT2D eigenvalue weighted by Crippen LogP contribution is 2.14. The van der Waals surface area contributed by atoms with Gasteiger partial charge in [0, 0.05) is 19.3 Å². The van der Waals surface area contributed by atoms with Gasteiger partial charge in [-0.2, -0.15) is 0 Å². The van der Waals surface area contributed by atoms with Gasteiger partial charge in [0.1, 0.15) is 12.6 Å². The van der Waals surface area contributed by atoms with Gasteiger partial charge in [-0.25, -0.2) is 0 Å². The maximum absolute atomic E-state index is 12.8. The van der Waals surface area contributed by atoms with Gasteiger partial charge in [-0.15, -0.1) is 0 Å². The number of carbonyl (C=O) groups excluding carboxylic acids is 3. The lowest BCUT2D eigenvalue weighted by molar-refractivity contribution is -0.889. The number of rotatable bonds is 42. The number of carboxylic acids is 1. The third kappa shape index (κ3) is 41.6. The average Bonchev–Trinajstić information content (AvgIpc) is 3.23. The van der Waals surface area contributed by atoms with Crippen molar-refractivity contribution < 1.29 is 38.2 Å². The number of hydrogen-bond acceptors (Lipinski definition) is 7. The number of likely N-dealkylation sites (N-methyl/N-ethyl adjacent to an activating group) is 1. The molecular weight excluding hydrogens is 775 g/mol. The molecule has 0 saturated carbocycles. The molecule has 0 aromatic heterocycles. The molecule has 62 heavy (non-hydrogen) atoms. The molecule has 0 rings (SSSR count). The Morgan fingerprint density at radius 1 is 0.484 bits per heavy atom. The summed E-state index contributed by atoms with van der Waals surface area (Å²) in [7, 11) is 5.39. The van der Waals surface area contributed by atoms with E-state index in [2.05, 4.69) is 111 Å². The molecule has 0 aliphatic carbocycles. The van der Waals surface area contributed by atoms with Crippen molar-refractivity contribution in [3.8, 4) is 0 Å². The van der Waals surface area contributed by atoms with E-state index in [1.807, 2.05) is 0 Å². The molecule has 0 N–H and O–H groups in total. The van der Waals surface area contributed by atoms with E-state index in [-0.39, 0.29) is 42.7 Å². The molecule has 0 radical (unpaired) electrons. The van der Waals surface area contributed by atoms with Crippen LogP contribution in [0.3, 0.4) is 0 Å². The second-order valence-corrected chi connectivity index (χ2v) is 16.9. The van der Waals surface area contributed by atoms with E-state index in [4.69, 9.17) is 14.2 Å². The van der Waals surface area contributed by atoms with Crippen LogP contribution in [-0.4, -0.2) is 75.5 Å². The average molecular weight is 864 g/mol. The van der Waals surface area contributed by atoms with E-state index >= 15 is 0 Å². The van der Waals surface area contributed by atoms with Crippen LogP contribution in [0.1, 0.15) is 174 Å². The molecule has 0 bridgehead atoms. The largest absolute Gasteiger partial charge is 0.544 e. The molecule has 0 heterocycles. The fourth-order valence-electron chi connectivity index (χ4n) is 6.52. The Hall–Kier alpha value is -3.75. The first-order chi connectivity index (χ1) is 30.1. The van der Waals surface area contributed by atoms with E-state index < -0.39 is 18.1 Å². The fourth-order valence-corrected chi connectivity index (χ4v) is 6.52. The Kier molecular flexibility index (Phi) is 41.2. The summed E-state index contributed by atoms with van der Waals surface area (Å²) in [6.45, 7) is 4.38. The maximum Gasteiger partial charge on any atom is 0.306 e. The Morgan fingerprint density at radius 2 is 0.855 bits per heavy atom. The van der Waals surface area contributed by atoms with Crippen LogP contribution in [0.4, 0.5) is 0 Å². The van der Waals surface area contributed by atoms with Gasteiger partial charge in [0.15, 0.2) is 6.10 Å². The number of nitrogens with zero attached hydrogens (tertiary/aromatic N) is 1. The van der Waals surface area contributed by atoms with Crippen LogP contribution in [-0.2, 0) is 28.6 Å². The lowest BCUT2D eigenvalue weighted by Gasteiger charge is -2.34. The summed E-state index contributed by atoms with van der Waals surface area (Å²) in [6.07, 6.45) is 58.6. The van der Waals surface area contributed by atoms with Crippen LogP contribution in [0.5, 0.6) is 0 Å². The number of esters is 2. The van der Waals surface area contributed by atoms with E-state index in [9.17, 15) is 19.5 Å². The van der Waals surface area contributed by atoms with Gasteiger partial charge in [-0.05, 0) is 89.9 Å². The quantitative estimate of drug-likeness (QED) is 0.0261. The number of ether oxygens (including phenoxy) is 3. The molecule has 0 amide bonds. The highest BCUT2D eigenvalue weighted by atomic mass is 16.6. The van der Waals surface area contributed by atoms with Gasteiger partial charge >= 0.3 is 11.9 Å². The topological polar surface area (TPSA) is 102 Å². The number of carboxylic acid groups (broad SMARTS) is 1. The molecular formula is C54H89NO7. The van der Waals surface area contributed by atoms with Gasteiger partial charge < -0.3 is 28.6 Å². The SMILES string of the molecule is CC/C=C/C/C=C/C/C=C/C/C=C/CCCCCCCCCCCC(=O)OC(COCCC(C(=O)[O-])[N+](C)(C)C)COC(=O)CCCCC/C=C/C/C=C/C/C=C/C/C=C/CC. The summed E-state index contributed by atoms with van der Waals surface area (Å²) in [5.41, 5.74) is 0. The minimum atomic E-state index is -1.13. The first kappa shape index (κ1) is 58.2. The number of hydrogen-bond donors (Lipinski definition) is 0. The van der Waals surface area contributed by atoms with Gasteiger partial charge in [0.05, 0.1) is 40.3 Å². The molecule has 2 atom stereocenters. The molecule has 8 nitrogen and oxygen atoms in total. The van der Waals surface area contributed by atoms with Crippen molar-refractivity contribution >= 4 is 17.9 Å². The zero-order chi connectivity index (χ0) is 45.6. The van der Waals surface area contributed by atoms with Crippen LogP contribution in [0.15, 0.2) is 97.2 Å². The monoisotopic (exact) mass is 864 g/mol. The Bertz CT molecular complexity index is 1330. The van der Waals surface area contributed by atoms with Gasteiger partial charge in [-0.1, -0.05) is 162 Å². The number of unbranched alkanes of at least 4 members (excludes halogenated alkanes) is 12. The number of quaternary nitrogens is 1. The molecule has 0 aromatic carbocycles. The summed E-state index contributed by atoms with van der Waals surface area (Å²) < 4.78 is 17.2. The van der Waals surface area contributed by atoms with Crippen LogP contribution in [0.25, 0.3) is 0 Å². The zero-order valence-electron chi connectivity index (χ0n) is 40.0. The van der Waals surface area contributed by atoms with E-state index in [0.717, 1.165) is 103 Å². The van der Waals surface area contributed by atoms with Crippen LogP contribution < -0.4 is 5.11 Å². The van der Waals surface area contributed by atoms with E-state index in [0.29, 0.717) is 12.8 Å². The number of allylic oxidation sites excluding steroid dienone is 16. The van der Waals surface area contributed by atoms with Gasteiger partial charge in [0.25, 0.3) is 0 Å². The predicted octanol–water partition coefficient (Wildman–Crippen LogP) is 12.5. The smallest absolute Gasteiger partial charge is 0.306 e. The van der Waals surface area contributed by atoms with Crippen LogP contribution in [0.2, 0.25) is 0 Å².